The fourth-order valence-electron chi connectivity index (χ4n) is 3.59. The van der Waals surface area contributed by atoms with Crippen LogP contribution < -0.4 is 10.6 Å². The van der Waals surface area contributed by atoms with Gasteiger partial charge >= 0.3 is 0 Å². The Morgan fingerprint density at radius 2 is 1.84 bits per heavy atom. The lowest BCUT2D eigenvalue weighted by atomic mass is 9.98. The van der Waals surface area contributed by atoms with Crippen LogP contribution in [0, 0.1) is 5.92 Å². The Morgan fingerprint density at radius 1 is 1.06 bits per heavy atom. The smallest absolute Gasteiger partial charge is 0.270 e. The summed E-state index contributed by atoms with van der Waals surface area (Å²) >= 11 is 0. The number of carbonyl (C=O) groups is 2. The molecule has 31 heavy (non-hydrogen) atoms. The summed E-state index contributed by atoms with van der Waals surface area (Å²) in [4.78, 5) is 37.4. The zero-order valence-corrected chi connectivity index (χ0v) is 17.6. The van der Waals surface area contributed by atoms with Crippen molar-refractivity contribution >= 4 is 33.6 Å². The van der Waals surface area contributed by atoms with E-state index in [2.05, 4.69) is 25.6 Å². The predicted molar refractivity (Wildman–Crippen MR) is 120 cm³/mol. The number of pyridine rings is 2. The molecule has 2 amide bonds. The highest BCUT2D eigenvalue weighted by Crippen LogP contribution is 2.25. The third-order valence-electron chi connectivity index (χ3n) is 5.62. The number of nitrogens with one attached hydrogen (secondary N) is 3. The number of benzene rings is 1. The van der Waals surface area contributed by atoms with Crippen LogP contribution in [0.1, 0.15) is 36.3 Å². The van der Waals surface area contributed by atoms with Gasteiger partial charge in [0.1, 0.15) is 11.7 Å². The molecule has 7 nitrogen and oxygen atoms in total. The Morgan fingerprint density at radius 3 is 2.61 bits per heavy atom. The van der Waals surface area contributed by atoms with Gasteiger partial charge in [0, 0.05) is 35.2 Å². The maximum atomic E-state index is 13.0. The lowest BCUT2D eigenvalue weighted by Gasteiger charge is -2.23. The van der Waals surface area contributed by atoms with Crippen molar-refractivity contribution in [3.8, 4) is 0 Å². The van der Waals surface area contributed by atoms with Crippen molar-refractivity contribution in [1.29, 1.82) is 0 Å². The van der Waals surface area contributed by atoms with Gasteiger partial charge in [-0.2, -0.15) is 0 Å². The summed E-state index contributed by atoms with van der Waals surface area (Å²) in [5.41, 5.74) is 3.09. The SMILES string of the molecule is CCC(C)C(NC(=O)c1cc2c(cn1)[nH]c1ccccc12)C(=O)NCc1ccncc1. The number of aromatic nitrogens is 3. The van der Waals surface area contributed by atoms with Crippen LogP contribution in [0.25, 0.3) is 21.8 Å². The van der Waals surface area contributed by atoms with Crippen molar-refractivity contribution in [2.45, 2.75) is 32.9 Å². The number of fused-ring (bicyclic) bond motifs is 3. The summed E-state index contributed by atoms with van der Waals surface area (Å²) in [6.07, 6.45) is 5.78. The van der Waals surface area contributed by atoms with Gasteiger partial charge in [0.15, 0.2) is 0 Å². The quantitative estimate of drug-likeness (QED) is 0.430. The molecular formula is C24H25N5O2. The van der Waals surface area contributed by atoms with E-state index in [1.54, 1.807) is 24.7 Å². The van der Waals surface area contributed by atoms with Crippen LogP contribution in [0.2, 0.25) is 0 Å². The summed E-state index contributed by atoms with van der Waals surface area (Å²) < 4.78 is 0. The average molecular weight is 415 g/mol. The van der Waals surface area contributed by atoms with Crippen LogP contribution >= 0.6 is 0 Å². The first-order valence-corrected chi connectivity index (χ1v) is 10.4. The first kappa shape index (κ1) is 20.5. The van der Waals surface area contributed by atoms with Crippen molar-refractivity contribution in [3.63, 3.8) is 0 Å². The monoisotopic (exact) mass is 415 g/mol. The molecule has 0 radical (unpaired) electrons. The van der Waals surface area contributed by atoms with E-state index in [1.165, 1.54) is 0 Å². The maximum Gasteiger partial charge on any atom is 0.270 e. The third kappa shape index (κ3) is 4.40. The normalized spacial score (nSPS) is 13.1. The van der Waals surface area contributed by atoms with Crippen molar-refractivity contribution in [1.82, 2.24) is 25.6 Å². The molecule has 0 aliphatic heterocycles. The standard InChI is InChI=1S/C24H25N5O2/c1-3-15(2)22(24(31)27-13-16-8-10-25-11-9-16)29-23(30)20-12-18-17-6-4-5-7-19(17)28-21(18)14-26-20/h4-12,14-15,22,28H,3,13H2,1-2H3,(H,27,31)(H,29,30). The van der Waals surface area contributed by atoms with Crippen molar-refractivity contribution in [2.24, 2.45) is 5.92 Å². The highest BCUT2D eigenvalue weighted by Gasteiger charge is 2.26. The third-order valence-corrected chi connectivity index (χ3v) is 5.62. The first-order chi connectivity index (χ1) is 15.1. The molecule has 0 fully saturated rings. The Balaban J connectivity index is 1.53. The number of H-pyrrole nitrogens is 1. The fourth-order valence-corrected chi connectivity index (χ4v) is 3.59. The molecule has 158 valence electrons. The molecule has 2 atom stereocenters. The van der Waals surface area contributed by atoms with Crippen molar-refractivity contribution in [2.75, 3.05) is 0 Å². The Kier molecular flexibility index (Phi) is 5.93. The van der Waals surface area contributed by atoms with E-state index in [1.807, 2.05) is 50.2 Å². The molecule has 0 saturated heterocycles. The van der Waals surface area contributed by atoms with E-state index in [4.69, 9.17) is 0 Å². The summed E-state index contributed by atoms with van der Waals surface area (Å²) in [5.74, 6) is -0.609. The molecule has 0 saturated carbocycles. The predicted octanol–water partition coefficient (Wildman–Crippen LogP) is 3.57. The minimum absolute atomic E-state index is 0.0294. The molecule has 1 aromatic carbocycles. The second-order valence-electron chi connectivity index (χ2n) is 7.70. The topological polar surface area (TPSA) is 99.8 Å². The Hall–Kier alpha value is -3.74. The Labute approximate surface area is 180 Å². The summed E-state index contributed by atoms with van der Waals surface area (Å²) in [5, 5.41) is 7.76. The minimum atomic E-state index is -0.653. The number of hydrogen-bond donors (Lipinski definition) is 3. The molecule has 3 heterocycles. The molecule has 2 unspecified atom stereocenters. The van der Waals surface area contributed by atoms with Crippen LogP contribution in [0.15, 0.2) is 61.1 Å². The number of carbonyl (C=O) groups excluding carboxylic acids is 2. The van der Waals surface area contributed by atoms with Crippen LogP contribution in [0.3, 0.4) is 0 Å². The summed E-state index contributed by atoms with van der Waals surface area (Å²) in [7, 11) is 0. The molecule has 3 N–H and O–H groups in total. The van der Waals surface area contributed by atoms with Gasteiger partial charge in [-0.3, -0.25) is 14.6 Å². The van der Waals surface area contributed by atoms with Gasteiger partial charge < -0.3 is 15.6 Å². The molecule has 0 aliphatic rings. The molecular weight excluding hydrogens is 390 g/mol. The van der Waals surface area contributed by atoms with Crippen LogP contribution in [0.5, 0.6) is 0 Å². The molecule has 0 spiro atoms. The number of aromatic amines is 1. The second-order valence-corrected chi connectivity index (χ2v) is 7.70. The van der Waals surface area contributed by atoms with E-state index < -0.39 is 6.04 Å². The lowest BCUT2D eigenvalue weighted by molar-refractivity contribution is -0.124. The van der Waals surface area contributed by atoms with E-state index in [0.29, 0.717) is 6.54 Å². The van der Waals surface area contributed by atoms with Crippen LogP contribution in [0.4, 0.5) is 0 Å². The maximum absolute atomic E-state index is 13.0. The summed E-state index contributed by atoms with van der Waals surface area (Å²) in [6, 6.07) is 12.7. The second kappa shape index (κ2) is 8.95. The van der Waals surface area contributed by atoms with Gasteiger partial charge in [0.2, 0.25) is 5.91 Å². The number of para-hydroxylation sites is 1. The molecule has 0 aliphatic carbocycles. The summed E-state index contributed by atoms with van der Waals surface area (Å²) in [6.45, 7) is 4.33. The Bertz CT molecular complexity index is 1220. The molecule has 4 rings (SSSR count). The molecule has 7 heteroatoms. The van der Waals surface area contributed by atoms with E-state index in [9.17, 15) is 9.59 Å². The van der Waals surface area contributed by atoms with Crippen molar-refractivity contribution < 1.29 is 9.59 Å². The van der Waals surface area contributed by atoms with Gasteiger partial charge in [0.25, 0.3) is 5.91 Å². The van der Waals surface area contributed by atoms with Gasteiger partial charge in [-0.05, 0) is 35.7 Å². The van der Waals surface area contributed by atoms with Gasteiger partial charge in [-0.15, -0.1) is 0 Å². The minimum Gasteiger partial charge on any atom is -0.353 e. The highest BCUT2D eigenvalue weighted by atomic mass is 16.2. The molecule has 0 bridgehead atoms. The van der Waals surface area contributed by atoms with Crippen LogP contribution in [-0.4, -0.2) is 32.8 Å². The fraction of sp³-hybridized carbons (Fsp3) is 0.250. The van der Waals surface area contributed by atoms with Crippen LogP contribution in [-0.2, 0) is 11.3 Å². The number of amides is 2. The highest BCUT2D eigenvalue weighted by molar-refractivity contribution is 6.09. The average Bonchev–Trinajstić information content (AvgIpc) is 3.19. The van der Waals surface area contributed by atoms with Gasteiger partial charge in [-0.1, -0.05) is 38.5 Å². The van der Waals surface area contributed by atoms with Gasteiger partial charge in [0.05, 0.1) is 11.7 Å². The molecule has 3 aromatic heterocycles. The van der Waals surface area contributed by atoms with E-state index in [0.717, 1.165) is 33.8 Å². The first-order valence-electron chi connectivity index (χ1n) is 10.4. The number of nitrogens with zero attached hydrogens (tertiary/aromatic N) is 2. The molecule has 4 aromatic rings. The number of hydrogen-bond acceptors (Lipinski definition) is 4. The zero-order chi connectivity index (χ0) is 21.8. The largest absolute Gasteiger partial charge is 0.353 e. The van der Waals surface area contributed by atoms with E-state index in [-0.39, 0.29) is 23.4 Å². The zero-order valence-electron chi connectivity index (χ0n) is 17.6. The van der Waals surface area contributed by atoms with Crippen molar-refractivity contribution in [3.05, 3.63) is 72.3 Å². The van der Waals surface area contributed by atoms with E-state index >= 15 is 0 Å². The van der Waals surface area contributed by atoms with Gasteiger partial charge in [-0.25, -0.2) is 4.98 Å². The number of rotatable bonds is 7. The lowest BCUT2D eigenvalue weighted by Crippen LogP contribution is -2.50.